The Kier molecular flexibility index (Phi) is 6.23. The molecule has 0 aliphatic rings. The Morgan fingerprint density at radius 3 is 2.68 bits per heavy atom. The maximum atomic E-state index is 13.1. The van der Waals surface area contributed by atoms with Crippen molar-refractivity contribution >= 4 is 38.6 Å². The number of nitrogens with one attached hydrogen (secondary N) is 2. The minimum atomic E-state index is -0.260. The number of anilines is 1. The molecule has 0 radical (unpaired) electrons. The van der Waals surface area contributed by atoms with Gasteiger partial charge in [-0.3, -0.25) is 4.79 Å². The average Bonchev–Trinajstić information content (AvgIpc) is 3.22. The van der Waals surface area contributed by atoms with Gasteiger partial charge in [-0.05, 0) is 58.7 Å². The third-order valence-corrected chi connectivity index (χ3v) is 5.35. The van der Waals surface area contributed by atoms with Crippen LogP contribution in [0.15, 0.2) is 65.1 Å². The summed E-state index contributed by atoms with van der Waals surface area (Å²) in [6, 6.07) is 18.8. The van der Waals surface area contributed by atoms with E-state index in [-0.39, 0.29) is 5.91 Å². The highest BCUT2D eigenvalue weighted by Gasteiger charge is 2.17. The fourth-order valence-electron chi connectivity index (χ4n) is 3.27. The summed E-state index contributed by atoms with van der Waals surface area (Å²) in [7, 11) is 1.55. The summed E-state index contributed by atoms with van der Waals surface area (Å²) in [6.45, 7) is 2.59. The third-order valence-electron chi connectivity index (χ3n) is 4.76. The summed E-state index contributed by atoms with van der Waals surface area (Å²) < 4.78 is 11.9. The second-order valence-corrected chi connectivity index (χ2v) is 7.79. The maximum Gasteiger partial charge on any atom is 0.255 e. The van der Waals surface area contributed by atoms with E-state index in [2.05, 4.69) is 31.2 Å². The molecule has 158 valence electrons. The van der Waals surface area contributed by atoms with Crippen molar-refractivity contribution in [3.8, 4) is 22.9 Å². The lowest BCUT2D eigenvalue weighted by atomic mass is 10.1. The molecule has 2 N–H and O–H groups in total. The minimum Gasteiger partial charge on any atom is -0.493 e. The third kappa shape index (κ3) is 4.41. The van der Waals surface area contributed by atoms with Crippen molar-refractivity contribution in [3.05, 3.63) is 70.7 Å². The molecular weight excluding hydrogens is 458 g/mol. The van der Waals surface area contributed by atoms with Gasteiger partial charge in [0.05, 0.1) is 34.9 Å². The summed E-state index contributed by atoms with van der Waals surface area (Å²) in [5, 5.41) is 2.99. The lowest BCUT2D eigenvalue weighted by molar-refractivity contribution is 0.102. The molecule has 0 saturated heterocycles. The van der Waals surface area contributed by atoms with Crippen LogP contribution in [0.4, 0.5) is 5.69 Å². The van der Waals surface area contributed by atoms with E-state index in [4.69, 9.17) is 9.47 Å². The summed E-state index contributed by atoms with van der Waals surface area (Å²) >= 11 is 3.49. The number of hydrogen-bond donors (Lipinski definition) is 2. The summed E-state index contributed by atoms with van der Waals surface area (Å²) in [5.41, 5.74) is 3.73. The molecule has 0 bridgehead atoms. The molecule has 1 aromatic heterocycles. The van der Waals surface area contributed by atoms with E-state index in [1.807, 2.05) is 55.5 Å². The molecule has 0 spiro atoms. The largest absolute Gasteiger partial charge is 0.493 e. The van der Waals surface area contributed by atoms with E-state index < -0.39 is 0 Å². The number of benzene rings is 3. The van der Waals surface area contributed by atoms with Gasteiger partial charge in [-0.15, -0.1) is 0 Å². The Labute approximate surface area is 188 Å². The second-order valence-electron chi connectivity index (χ2n) is 6.94. The first kappa shape index (κ1) is 20.9. The van der Waals surface area contributed by atoms with E-state index in [1.165, 1.54) is 0 Å². The zero-order valence-corrected chi connectivity index (χ0v) is 18.8. The van der Waals surface area contributed by atoms with Crippen LogP contribution in [0.5, 0.6) is 11.5 Å². The molecule has 4 aromatic rings. The molecule has 0 aliphatic carbocycles. The van der Waals surface area contributed by atoms with Crippen molar-refractivity contribution < 1.29 is 14.3 Å². The molecule has 1 amide bonds. The topological polar surface area (TPSA) is 76.2 Å². The number of H-pyrrole nitrogens is 1. The predicted octanol–water partition coefficient (Wildman–Crippen LogP) is 6.04. The number of carbonyl (C=O) groups excluding carboxylic acids is 1. The van der Waals surface area contributed by atoms with Crippen LogP contribution in [0.1, 0.15) is 23.7 Å². The molecule has 31 heavy (non-hydrogen) atoms. The molecule has 7 heteroatoms. The lowest BCUT2D eigenvalue weighted by Crippen LogP contribution is -2.13. The van der Waals surface area contributed by atoms with Crippen LogP contribution in [-0.2, 0) is 0 Å². The Morgan fingerprint density at radius 1 is 1.13 bits per heavy atom. The number of halogens is 1. The molecule has 4 rings (SSSR count). The number of methoxy groups -OCH3 is 1. The average molecular weight is 480 g/mol. The van der Waals surface area contributed by atoms with E-state index >= 15 is 0 Å². The van der Waals surface area contributed by atoms with Crippen molar-refractivity contribution in [1.82, 2.24) is 9.97 Å². The number of aromatic nitrogens is 2. The Bertz CT molecular complexity index is 1200. The second kappa shape index (κ2) is 9.22. The van der Waals surface area contributed by atoms with Gasteiger partial charge in [0.1, 0.15) is 5.82 Å². The first-order valence-corrected chi connectivity index (χ1v) is 10.8. The smallest absolute Gasteiger partial charge is 0.255 e. The number of fused-ring (bicyclic) bond motifs is 1. The van der Waals surface area contributed by atoms with E-state index in [0.717, 1.165) is 23.0 Å². The summed E-state index contributed by atoms with van der Waals surface area (Å²) in [4.78, 5) is 21.0. The van der Waals surface area contributed by atoms with Crippen LogP contribution >= 0.6 is 15.9 Å². The molecule has 0 unspecified atom stereocenters. The van der Waals surface area contributed by atoms with E-state index in [1.54, 1.807) is 19.2 Å². The summed E-state index contributed by atoms with van der Waals surface area (Å²) in [6.07, 6.45) is 0.871. The SMILES string of the molecule is CCCOc1c(Br)cc(C(=O)Nc2ccccc2-c2nc3ccccc3[nH]2)cc1OC. The highest BCUT2D eigenvalue weighted by Crippen LogP contribution is 2.37. The minimum absolute atomic E-state index is 0.260. The van der Waals surface area contributed by atoms with Gasteiger partial charge in [-0.2, -0.15) is 0 Å². The van der Waals surface area contributed by atoms with Crippen molar-refractivity contribution in [2.24, 2.45) is 0 Å². The standard InChI is InChI=1S/C24H22BrN3O3/c1-3-12-31-22-17(25)13-15(14-21(22)30-2)24(29)28-18-9-5-4-8-16(18)23-26-19-10-6-7-11-20(19)27-23/h4-11,13-14H,3,12H2,1-2H3,(H,26,27)(H,28,29). The number of nitrogens with zero attached hydrogens (tertiary/aromatic N) is 1. The van der Waals surface area contributed by atoms with Crippen LogP contribution in [0.2, 0.25) is 0 Å². The molecule has 0 saturated carbocycles. The quantitative estimate of drug-likeness (QED) is 0.338. The predicted molar refractivity (Wildman–Crippen MR) is 126 cm³/mol. The molecule has 0 aliphatic heterocycles. The van der Waals surface area contributed by atoms with Gasteiger partial charge in [-0.1, -0.05) is 31.2 Å². The van der Waals surface area contributed by atoms with Gasteiger partial charge >= 0.3 is 0 Å². The monoisotopic (exact) mass is 479 g/mol. The molecule has 1 heterocycles. The Hall–Kier alpha value is -3.32. The van der Waals surface area contributed by atoms with Gasteiger partial charge < -0.3 is 19.8 Å². The first-order chi connectivity index (χ1) is 15.1. The molecule has 3 aromatic carbocycles. The number of imidazole rings is 1. The fourth-order valence-corrected chi connectivity index (χ4v) is 3.83. The van der Waals surface area contributed by atoms with E-state index in [9.17, 15) is 4.79 Å². The first-order valence-electron chi connectivity index (χ1n) is 9.96. The number of amides is 1. The number of para-hydroxylation sites is 3. The van der Waals surface area contributed by atoms with Gasteiger partial charge in [0.2, 0.25) is 0 Å². The maximum absolute atomic E-state index is 13.1. The number of hydrogen-bond acceptors (Lipinski definition) is 4. The van der Waals surface area contributed by atoms with E-state index in [0.29, 0.717) is 39.7 Å². The highest BCUT2D eigenvalue weighted by atomic mass is 79.9. The van der Waals surface area contributed by atoms with Crippen molar-refractivity contribution in [3.63, 3.8) is 0 Å². The lowest BCUT2D eigenvalue weighted by Gasteiger charge is -2.14. The number of aromatic amines is 1. The number of carbonyl (C=O) groups is 1. The zero-order chi connectivity index (χ0) is 21.8. The van der Waals surface area contributed by atoms with Crippen molar-refractivity contribution in [1.29, 1.82) is 0 Å². The normalized spacial score (nSPS) is 10.8. The Morgan fingerprint density at radius 2 is 1.90 bits per heavy atom. The van der Waals surface area contributed by atoms with Crippen LogP contribution in [0, 0.1) is 0 Å². The Balaban J connectivity index is 1.64. The van der Waals surface area contributed by atoms with Crippen LogP contribution < -0.4 is 14.8 Å². The van der Waals surface area contributed by atoms with Crippen molar-refractivity contribution in [2.45, 2.75) is 13.3 Å². The molecule has 0 fully saturated rings. The highest BCUT2D eigenvalue weighted by molar-refractivity contribution is 9.10. The van der Waals surface area contributed by atoms with Gasteiger partial charge in [0.25, 0.3) is 5.91 Å². The van der Waals surface area contributed by atoms with Gasteiger partial charge in [0.15, 0.2) is 11.5 Å². The molecule has 0 atom stereocenters. The molecular formula is C24H22BrN3O3. The van der Waals surface area contributed by atoms with Gasteiger partial charge in [-0.25, -0.2) is 4.98 Å². The van der Waals surface area contributed by atoms with Crippen LogP contribution in [0.3, 0.4) is 0 Å². The summed E-state index contributed by atoms with van der Waals surface area (Å²) in [5.74, 6) is 1.52. The number of ether oxygens (including phenoxy) is 2. The van der Waals surface area contributed by atoms with Gasteiger partial charge in [0, 0.05) is 11.1 Å². The fraction of sp³-hybridized carbons (Fsp3) is 0.167. The van der Waals surface area contributed by atoms with Crippen LogP contribution in [-0.4, -0.2) is 29.6 Å². The van der Waals surface area contributed by atoms with Crippen LogP contribution in [0.25, 0.3) is 22.4 Å². The zero-order valence-electron chi connectivity index (χ0n) is 17.2. The number of rotatable bonds is 7. The van der Waals surface area contributed by atoms with Crippen molar-refractivity contribution in [2.75, 3.05) is 19.0 Å². The molecule has 6 nitrogen and oxygen atoms in total.